The molecule has 0 aliphatic heterocycles. The van der Waals surface area contributed by atoms with Gasteiger partial charge in [0.15, 0.2) is 0 Å². The van der Waals surface area contributed by atoms with Crippen molar-refractivity contribution in [3.63, 3.8) is 0 Å². The summed E-state index contributed by atoms with van der Waals surface area (Å²) in [6.45, 7) is 0.429. The molecule has 0 saturated heterocycles. The van der Waals surface area contributed by atoms with Crippen LogP contribution in [0.5, 0.6) is 0 Å². The minimum atomic E-state index is -1.33. The number of anilines is 1. The van der Waals surface area contributed by atoms with E-state index in [1.54, 1.807) is 12.1 Å². The molecule has 0 aliphatic rings. The molecule has 104 valence electrons. The van der Waals surface area contributed by atoms with Crippen LogP contribution in [0.4, 0.5) is 10.3 Å². The monoisotopic (exact) mass is 277 g/mol. The van der Waals surface area contributed by atoms with Crippen molar-refractivity contribution in [1.82, 2.24) is 9.97 Å². The van der Waals surface area contributed by atoms with E-state index < -0.39 is 17.1 Å². The highest BCUT2D eigenvalue weighted by Crippen LogP contribution is 2.04. The first-order valence-electron chi connectivity index (χ1n) is 5.87. The summed E-state index contributed by atoms with van der Waals surface area (Å²) in [6, 6.07) is 6.19. The van der Waals surface area contributed by atoms with Crippen molar-refractivity contribution in [2.24, 2.45) is 0 Å². The summed E-state index contributed by atoms with van der Waals surface area (Å²) in [5.74, 6) is -1.46. The zero-order valence-electron chi connectivity index (χ0n) is 10.4. The number of aromatic carboxylic acids is 1. The Morgan fingerprint density at radius 3 is 2.90 bits per heavy atom. The lowest BCUT2D eigenvalue weighted by atomic mass is 10.1. The van der Waals surface area contributed by atoms with Crippen LogP contribution in [0.1, 0.15) is 15.9 Å². The van der Waals surface area contributed by atoms with Gasteiger partial charge in [0.05, 0.1) is 6.20 Å². The van der Waals surface area contributed by atoms with E-state index in [-0.39, 0.29) is 11.8 Å². The van der Waals surface area contributed by atoms with Crippen LogP contribution < -0.4 is 10.9 Å². The largest absolute Gasteiger partial charge is 0.477 e. The highest BCUT2D eigenvalue weighted by Gasteiger charge is 2.09. The molecule has 0 atom stereocenters. The molecule has 1 aromatic carbocycles. The van der Waals surface area contributed by atoms with Gasteiger partial charge in [-0.15, -0.1) is 0 Å². The lowest BCUT2D eigenvalue weighted by Gasteiger charge is -2.05. The summed E-state index contributed by atoms with van der Waals surface area (Å²) in [5, 5.41) is 11.5. The zero-order valence-corrected chi connectivity index (χ0v) is 10.4. The second-order valence-corrected chi connectivity index (χ2v) is 4.09. The SMILES string of the molecule is O=C(O)c1cnc(NCCc2cccc(F)c2)[nH]c1=O. The Balaban J connectivity index is 1.96. The van der Waals surface area contributed by atoms with E-state index in [1.807, 2.05) is 0 Å². The number of nitrogens with zero attached hydrogens (tertiary/aromatic N) is 1. The molecule has 0 saturated carbocycles. The standard InChI is InChI=1S/C13H12FN3O3/c14-9-3-1-2-8(6-9)4-5-15-13-16-7-10(12(19)20)11(18)17-13/h1-3,6-7H,4-5H2,(H,19,20)(H2,15,16,17,18). The quantitative estimate of drug-likeness (QED) is 0.764. The van der Waals surface area contributed by atoms with E-state index in [1.165, 1.54) is 12.1 Å². The van der Waals surface area contributed by atoms with Gasteiger partial charge in [-0.2, -0.15) is 0 Å². The van der Waals surface area contributed by atoms with Gasteiger partial charge < -0.3 is 10.4 Å². The Labute approximate surface area is 113 Å². The second kappa shape index (κ2) is 5.96. The molecule has 0 amide bonds. The molecule has 6 nitrogen and oxygen atoms in total. The Morgan fingerprint density at radius 1 is 1.45 bits per heavy atom. The van der Waals surface area contributed by atoms with Gasteiger partial charge in [0.25, 0.3) is 5.56 Å². The maximum Gasteiger partial charge on any atom is 0.342 e. The van der Waals surface area contributed by atoms with Gasteiger partial charge in [0.1, 0.15) is 11.4 Å². The predicted octanol–water partition coefficient (Wildman–Crippen LogP) is 1.26. The molecule has 1 aromatic heterocycles. The Bertz CT molecular complexity index is 685. The molecule has 0 bridgehead atoms. The number of carboxylic acids is 1. The lowest BCUT2D eigenvalue weighted by molar-refractivity contribution is 0.0694. The van der Waals surface area contributed by atoms with Gasteiger partial charge in [0.2, 0.25) is 5.95 Å². The first-order valence-corrected chi connectivity index (χ1v) is 5.87. The molecule has 0 spiro atoms. The minimum absolute atomic E-state index is 0.177. The average Bonchev–Trinajstić information content (AvgIpc) is 2.38. The number of carboxylic acid groups (broad SMARTS) is 1. The third-order valence-corrected chi connectivity index (χ3v) is 2.62. The van der Waals surface area contributed by atoms with E-state index in [2.05, 4.69) is 15.3 Å². The fourth-order valence-corrected chi connectivity index (χ4v) is 1.65. The number of hydrogen-bond donors (Lipinski definition) is 3. The van der Waals surface area contributed by atoms with Crippen molar-refractivity contribution >= 4 is 11.9 Å². The molecule has 3 N–H and O–H groups in total. The van der Waals surface area contributed by atoms with Crippen LogP contribution in [-0.2, 0) is 6.42 Å². The first-order chi connectivity index (χ1) is 9.56. The summed E-state index contributed by atoms with van der Waals surface area (Å²) >= 11 is 0. The second-order valence-electron chi connectivity index (χ2n) is 4.09. The summed E-state index contributed by atoms with van der Waals surface area (Å²) in [7, 11) is 0. The maximum atomic E-state index is 13.0. The number of H-pyrrole nitrogens is 1. The maximum absolute atomic E-state index is 13.0. The van der Waals surface area contributed by atoms with Crippen molar-refractivity contribution in [2.75, 3.05) is 11.9 Å². The summed E-state index contributed by atoms with van der Waals surface area (Å²) in [6.07, 6.45) is 1.54. The zero-order chi connectivity index (χ0) is 14.5. The number of aromatic nitrogens is 2. The minimum Gasteiger partial charge on any atom is -0.477 e. The fraction of sp³-hybridized carbons (Fsp3) is 0.154. The van der Waals surface area contributed by atoms with Gasteiger partial charge in [0, 0.05) is 6.54 Å². The number of hydrogen-bond acceptors (Lipinski definition) is 4. The van der Waals surface area contributed by atoms with Gasteiger partial charge in [-0.05, 0) is 24.1 Å². The molecule has 7 heteroatoms. The van der Waals surface area contributed by atoms with Crippen LogP contribution >= 0.6 is 0 Å². The van der Waals surface area contributed by atoms with Crippen molar-refractivity contribution in [3.05, 3.63) is 57.8 Å². The van der Waals surface area contributed by atoms with Crippen molar-refractivity contribution in [1.29, 1.82) is 0 Å². The summed E-state index contributed by atoms with van der Waals surface area (Å²) in [4.78, 5) is 28.2. The van der Waals surface area contributed by atoms with Crippen LogP contribution in [-0.4, -0.2) is 27.6 Å². The number of halogens is 1. The van der Waals surface area contributed by atoms with Crippen LogP contribution in [0.25, 0.3) is 0 Å². The normalized spacial score (nSPS) is 10.2. The molecular weight excluding hydrogens is 265 g/mol. The van der Waals surface area contributed by atoms with Crippen molar-refractivity contribution in [3.8, 4) is 0 Å². The first kappa shape index (κ1) is 13.7. The molecule has 1 heterocycles. The van der Waals surface area contributed by atoms with E-state index in [4.69, 9.17) is 5.11 Å². The van der Waals surface area contributed by atoms with Crippen molar-refractivity contribution in [2.45, 2.75) is 6.42 Å². The number of aromatic amines is 1. The van der Waals surface area contributed by atoms with Gasteiger partial charge in [-0.3, -0.25) is 9.78 Å². The Kier molecular flexibility index (Phi) is 4.09. The predicted molar refractivity (Wildman–Crippen MR) is 70.4 cm³/mol. The lowest BCUT2D eigenvalue weighted by Crippen LogP contribution is -2.20. The highest BCUT2D eigenvalue weighted by molar-refractivity contribution is 5.86. The molecule has 2 aromatic rings. The van der Waals surface area contributed by atoms with Crippen LogP contribution in [0.15, 0.2) is 35.3 Å². The van der Waals surface area contributed by atoms with E-state index in [0.29, 0.717) is 13.0 Å². The fourth-order valence-electron chi connectivity index (χ4n) is 1.65. The smallest absolute Gasteiger partial charge is 0.342 e. The van der Waals surface area contributed by atoms with Crippen LogP contribution in [0, 0.1) is 5.82 Å². The Morgan fingerprint density at radius 2 is 2.25 bits per heavy atom. The third kappa shape index (κ3) is 3.41. The van der Waals surface area contributed by atoms with Gasteiger partial charge >= 0.3 is 5.97 Å². The van der Waals surface area contributed by atoms with Crippen LogP contribution in [0.3, 0.4) is 0 Å². The van der Waals surface area contributed by atoms with Gasteiger partial charge in [-0.1, -0.05) is 12.1 Å². The summed E-state index contributed by atoms with van der Waals surface area (Å²) < 4.78 is 13.0. The number of carbonyl (C=O) groups is 1. The topological polar surface area (TPSA) is 95.1 Å². The molecule has 20 heavy (non-hydrogen) atoms. The van der Waals surface area contributed by atoms with E-state index >= 15 is 0 Å². The number of benzene rings is 1. The number of nitrogens with one attached hydrogen (secondary N) is 2. The molecule has 0 aliphatic carbocycles. The molecule has 2 rings (SSSR count). The highest BCUT2D eigenvalue weighted by atomic mass is 19.1. The molecule has 0 fully saturated rings. The van der Waals surface area contributed by atoms with E-state index in [9.17, 15) is 14.0 Å². The number of rotatable bonds is 5. The van der Waals surface area contributed by atoms with Crippen LogP contribution in [0.2, 0.25) is 0 Å². The molecule has 0 unspecified atom stereocenters. The van der Waals surface area contributed by atoms with Gasteiger partial charge in [-0.25, -0.2) is 14.2 Å². The molecular formula is C13H12FN3O3. The summed E-state index contributed by atoms with van der Waals surface area (Å²) in [5.41, 5.74) is -0.330. The Hall–Kier alpha value is -2.70. The third-order valence-electron chi connectivity index (χ3n) is 2.62. The molecule has 0 radical (unpaired) electrons. The average molecular weight is 277 g/mol. The van der Waals surface area contributed by atoms with E-state index in [0.717, 1.165) is 11.8 Å². The van der Waals surface area contributed by atoms with Crippen molar-refractivity contribution < 1.29 is 14.3 Å².